The average Bonchev–Trinajstić information content (AvgIpc) is 2.61. The number of esters is 3. The van der Waals surface area contributed by atoms with E-state index in [2.05, 4.69) is 0 Å². The van der Waals surface area contributed by atoms with Crippen LogP contribution in [0.2, 0.25) is 5.02 Å². The highest BCUT2D eigenvalue weighted by Crippen LogP contribution is 2.34. The third-order valence-corrected chi connectivity index (χ3v) is 4.30. The van der Waals surface area contributed by atoms with Crippen LogP contribution in [0.5, 0.6) is 5.75 Å². The highest BCUT2D eigenvalue weighted by atomic mass is 35.5. The Bertz CT molecular complexity index is 844. The molecule has 1 aromatic rings. The van der Waals surface area contributed by atoms with Crippen molar-refractivity contribution in [2.24, 2.45) is 0 Å². The Hall–Kier alpha value is -2.92. The summed E-state index contributed by atoms with van der Waals surface area (Å²) in [7, 11) is 0. The minimum Gasteiger partial charge on any atom is -0.459 e. The molecule has 0 aliphatic carbocycles. The second-order valence-corrected chi connectivity index (χ2v) is 6.83. The van der Waals surface area contributed by atoms with Gasteiger partial charge in [0.25, 0.3) is 5.69 Å². The molecule has 0 amide bonds. The van der Waals surface area contributed by atoms with Gasteiger partial charge in [0.1, 0.15) is 5.75 Å². The first-order valence-corrected chi connectivity index (χ1v) is 9.15. The lowest BCUT2D eigenvalue weighted by molar-refractivity contribution is -0.384. The monoisotopic (exact) mass is 445 g/mol. The highest BCUT2D eigenvalue weighted by Gasteiger charge is 2.51. The molecule has 0 saturated carbocycles. The fourth-order valence-corrected chi connectivity index (χ4v) is 3.11. The summed E-state index contributed by atoms with van der Waals surface area (Å²) in [5.74, 6) is -2.10. The number of ether oxygens (including phenoxy) is 5. The van der Waals surface area contributed by atoms with E-state index in [0.29, 0.717) is 0 Å². The van der Waals surface area contributed by atoms with Gasteiger partial charge in [0.2, 0.25) is 12.4 Å². The number of nitrogens with zero attached hydrogens (tertiary/aromatic N) is 1. The number of halogens is 1. The quantitative estimate of drug-likeness (QED) is 0.277. The number of hydrogen-bond donors (Lipinski definition) is 0. The second-order valence-electron chi connectivity index (χ2n) is 6.42. The van der Waals surface area contributed by atoms with Crippen LogP contribution in [0.25, 0.3) is 0 Å². The van der Waals surface area contributed by atoms with Gasteiger partial charge in [-0.05, 0) is 13.0 Å². The SMILES string of the molecule is CC(=O)O[C@@H]1[C@@H](OC(C)=O)[C@H](Oc2ccc([N+](=O)[O-])cc2Cl)O[C@H](C)[C@H]1OC(C)=O. The number of nitro benzene ring substituents is 1. The zero-order valence-corrected chi connectivity index (χ0v) is 17.3. The Morgan fingerprint density at radius 1 is 1.00 bits per heavy atom. The number of carbonyl (C=O) groups excluding carboxylic acids is 3. The standard InChI is InChI=1S/C18H20ClNO10/c1-8-15(27-9(2)21)16(28-10(3)22)17(29-11(4)23)18(26-8)30-14-6-5-12(20(24)25)7-13(14)19/h5-8,15-18H,1-4H3/t8-,15-,16+,17-,18+/m1/s1. The molecule has 0 aromatic heterocycles. The molecule has 1 saturated heterocycles. The lowest BCUT2D eigenvalue weighted by atomic mass is 9.99. The lowest BCUT2D eigenvalue weighted by Crippen LogP contribution is -2.62. The Kier molecular flexibility index (Phi) is 7.57. The molecule has 0 spiro atoms. The van der Waals surface area contributed by atoms with Crippen molar-refractivity contribution < 1.29 is 43.0 Å². The molecule has 5 atom stereocenters. The fourth-order valence-electron chi connectivity index (χ4n) is 2.89. The molecule has 12 heteroatoms. The molecule has 1 fully saturated rings. The zero-order valence-electron chi connectivity index (χ0n) is 16.5. The molecule has 0 N–H and O–H groups in total. The van der Waals surface area contributed by atoms with Gasteiger partial charge in [-0.15, -0.1) is 0 Å². The largest absolute Gasteiger partial charge is 0.459 e. The Morgan fingerprint density at radius 3 is 2.03 bits per heavy atom. The van der Waals surface area contributed by atoms with Gasteiger partial charge in [-0.2, -0.15) is 0 Å². The Labute approximate surface area is 176 Å². The molecular weight excluding hydrogens is 426 g/mol. The summed E-state index contributed by atoms with van der Waals surface area (Å²) in [5, 5.41) is 10.8. The Balaban J connectivity index is 2.39. The van der Waals surface area contributed by atoms with E-state index in [1.807, 2.05) is 0 Å². The summed E-state index contributed by atoms with van der Waals surface area (Å²) in [5.41, 5.74) is -0.255. The molecule has 1 aromatic carbocycles. The predicted molar refractivity (Wildman–Crippen MR) is 99.7 cm³/mol. The van der Waals surface area contributed by atoms with Gasteiger partial charge in [0, 0.05) is 32.9 Å². The van der Waals surface area contributed by atoms with Gasteiger partial charge < -0.3 is 23.7 Å². The van der Waals surface area contributed by atoms with E-state index in [-0.39, 0.29) is 16.5 Å². The van der Waals surface area contributed by atoms with Gasteiger partial charge in [0.05, 0.1) is 16.0 Å². The molecule has 30 heavy (non-hydrogen) atoms. The van der Waals surface area contributed by atoms with Crippen LogP contribution >= 0.6 is 11.6 Å². The van der Waals surface area contributed by atoms with Crippen LogP contribution in [0.4, 0.5) is 5.69 Å². The maximum Gasteiger partial charge on any atom is 0.303 e. The second kappa shape index (κ2) is 9.72. The first-order valence-electron chi connectivity index (χ1n) is 8.77. The van der Waals surface area contributed by atoms with E-state index in [0.717, 1.165) is 26.8 Å². The van der Waals surface area contributed by atoms with Crippen LogP contribution in [0, 0.1) is 10.1 Å². The van der Waals surface area contributed by atoms with Gasteiger partial charge in [-0.25, -0.2) is 0 Å². The molecule has 0 bridgehead atoms. The minimum absolute atomic E-state index is 0.00382. The summed E-state index contributed by atoms with van der Waals surface area (Å²) in [6.07, 6.45) is -5.78. The van der Waals surface area contributed by atoms with Crippen molar-refractivity contribution in [2.45, 2.75) is 58.4 Å². The summed E-state index contributed by atoms with van der Waals surface area (Å²) in [6.45, 7) is 4.97. The minimum atomic E-state index is -1.32. The number of hydrogen-bond acceptors (Lipinski definition) is 10. The van der Waals surface area contributed by atoms with Crippen molar-refractivity contribution >= 4 is 35.2 Å². The van der Waals surface area contributed by atoms with Crippen LogP contribution in [-0.4, -0.2) is 53.5 Å². The van der Waals surface area contributed by atoms with Crippen molar-refractivity contribution in [3.05, 3.63) is 33.3 Å². The van der Waals surface area contributed by atoms with E-state index in [1.54, 1.807) is 6.92 Å². The normalized spacial score (nSPS) is 25.7. The molecule has 1 aliphatic rings. The number of rotatable bonds is 6. The molecule has 0 unspecified atom stereocenters. The first kappa shape index (κ1) is 23.4. The van der Waals surface area contributed by atoms with E-state index in [1.165, 1.54) is 12.1 Å². The van der Waals surface area contributed by atoms with E-state index < -0.39 is 53.5 Å². The number of non-ortho nitro benzene ring substituents is 1. The molecular formula is C18H20ClNO10. The molecule has 1 aliphatic heterocycles. The van der Waals surface area contributed by atoms with E-state index in [4.69, 9.17) is 35.3 Å². The maximum absolute atomic E-state index is 11.7. The van der Waals surface area contributed by atoms with Crippen LogP contribution in [0.1, 0.15) is 27.7 Å². The van der Waals surface area contributed by atoms with Crippen molar-refractivity contribution in [3.63, 3.8) is 0 Å². The van der Waals surface area contributed by atoms with Gasteiger partial charge in [0.15, 0.2) is 12.2 Å². The summed E-state index contributed by atoms with van der Waals surface area (Å²) in [4.78, 5) is 45.0. The highest BCUT2D eigenvalue weighted by molar-refractivity contribution is 6.32. The molecule has 2 rings (SSSR count). The van der Waals surface area contributed by atoms with Gasteiger partial charge in [-0.3, -0.25) is 24.5 Å². The van der Waals surface area contributed by atoms with E-state index in [9.17, 15) is 24.5 Å². The molecule has 1 heterocycles. The van der Waals surface area contributed by atoms with E-state index >= 15 is 0 Å². The third kappa shape index (κ3) is 5.80. The summed E-state index contributed by atoms with van der Waals surface area (Å²) >= 11 is 6.05. The van der Waals surface area contributed by atoms with Crippen molar-refractivity contribution in [1.82, 2.24) is 0 Å². The maximum atomic E-state index is 11.7. The van der Waals surface area contributed by atoms with Crippen LogP contribution in [-0.2, 0) is 33.3 Å². The van der Waals surface area contributed by atoms with Crippen LogP contribution < -0.4 is 4.74 Å². The van der Waals surface area contributed by atoms with Crippen molar-refractivity contribution in [1.29, 1.82) is 0 Å². The fraction of sp³-hybridized carbons (Fsp3) is 0.500. The van der Waals surface area contributed by atoms with Crippen LogP contribution in [0.3, 0.4) is 0 Å². The smallest absolute Gasteiger partial charge is 0.303 e. The third-order valence-electron chi connectivity index (χ3n) is 4.00. The topological polar surface area (TPSA) is 140 Å². The lowest BCUT2D eigenvalue weighted by Gasteiger charge is -2.43. The van der Waals surface area contributed by atoms with Crippen LogP contribution in [0.15, 0.2) is 18.2 Å². The summed E-state index contributed by atoms with van der Waals surface area (Å²) < 4.78 is 27.1. The Morgan fingerprint density at radius 2 is 1.53 bits per heavy atom. The zero-order chi connectivity index (χ0) is 22.6. The molecule has 164 valence electrons. The number of carbonyl (C=O) groups is 3. The summed E-state index contributed by atoms with van der Waals surface area (Å²) in [6, 6.07) is 3.49. The van der Waals surface area contributed by atoms with Crippen molar-refractivity contribution in [2.75, 3.05) is 0 Å². The average molecular weight is 446 g/mol. The number of nitro groups is 1. The van der Waals surface area contributed by atoms with Gasteiger partial charge in [-0.1, -0.05) is 11.6 Å². The predicted octanol–water partition coefficient (Wildman–Crippen LogP) is 2.17. The first-order chi connectivity index (χ1) is 14.0. The van der Waals surface area contributed by atoms with Crippen molar-refractivity contribution in [3.8, 4) is 5.75 Å². The van der Waals surface area contributed by atoms with Gasteiger partial charge >= 0.3 is 17.9 Å². The molecule has 11 nitrogen and oxygen atoms in total. The number of benzene rings is 1. The molecule has 0 radical (unpaired) electrons.